The topological polar surface area (TPSA) is 35.2 Å². The smallest absolute Gasteiger partial charge is 0.272 e. The van der Waals surface area contributed by atoms with Crippen LogP contribution in [0.4, 0.5) is 8.78 Å². The monoisotopic (exact) mass is 251 g/mol. The van der Waals surface area contributed by atoms with E-state index >= 15 is 0 Å². The lowest BCUT2D eigenvalue weighted by molar-refractivity contribution is 0.0820. The normalized spacial score (nSPS) is 12.9. The van der Waals surface area contributed by atoms with Crippen LogP contribution in [0.1, 0.15) is 18.5 Å². The fourth-order valence-electron chi connectivity index (χ4n) is 1.93. The summed E-state index contributed by atoms with van der Waals surface area (Å²) >= 11 is 0. The van der Waals surface area contributed by atoms with Crippen LogP contribution < -0.4 is 10.5 Å². The Morgan fingerprint density at radius 1 is 1.17 bits per heavy atom. The van der Waals surface area contributed by atoms with E-state index in [0.29, 0.717) is 5.75 Å². The van der Waals surface area contributed by atoms with Gasteiger partial charge in [-0.1, -0.05) is 36.4 Å². The van der Waals surface area contributed by atoms with Crippen LogP contribution in [0.3, 0.4) is 0 Å². The number of fused-ring (bicyclic) bond motifs is 1. The Balaban J connectivity index is 2.52. The Morgan fingerprint density at radius 3 is 2.56 bits per heavy atom. The van der Waals surface area contributed by atoms with Crippen LogP contribution in [-0.4, -0.2) is 13.0 Å². The number of hydrogen-bond donors (Lipinski definition) is 1. The average molecular weight is 251 g/mol. The zero-order valence-corrected chi connectivity index (χ0v) is 10.1. The standard InChI is InChI=1S/C14H15F2NO/c1-9(17)11-7-6-10-4-2-3-5-12(10)14(11)18-8-13(15)16/h2-7,9,13H,8,17H2,1H3. The van der Waals surface area contributed by atoms with Crippen molar-refractivity contribution < 1.29 is 13.5 Å². The predicted molar refractivity (Wildman–Crippen MR) is 68.0 cm³/mol. The first kappa shape index (κ1) is 12.8. The van der Waals surface area contributed by atoms with Gasteiger partial charge in [0, 0.05) is 17.0 Å². The van der Waals surface area contributed by atoms with E-state index in [1.165, 1.54) is 0 Å². The van der Waals surface area contributed by atoms with Crippen LogP contribution in [0.15, 0.2) is 36.4 Å². The number of ether oxygens (including phenoxy) is 1. The molecule has 18 heavy (non-hydrogen) atoms. The van der Waals surface area contributed by atoms with Crippen LogP contribution >= 0.6 is 0 Å². The lowest BCUT2D eigenvalue weighted by atomic mass is 10.0. The molecule has 0 aliphatic rings. The molecule has 2 nitrogen and oxygen atoms in total. The summed E-state index contributed by atoms with van der Waals surface area (Å²) in [5.74, 6) is 0.461. The molecule has 0 aliphatic carbocycles. The van der Waals surface area contributed by atoms with Gasteiger partial charge in [0.05, 0.1) is 0 Å². The molecule has 0 amide bonds. The lowest BCUT2D eigenvalue weighted by Crippen LogP contribution is -2.12. The van der Waals surface area contributed by atoms with Crippen molar-refractivity contribution in [3.8, 4) is 5.75 Å². The summed E-state index contributed by atoms with van der Waals surface area (Å²) < 4.78 is 29.8. The van der Waals surface area contributed by atoms with Crippen LogP contribution in [0.2, 0.25) is 0 Å². The summed E-state index contributed by atoms with van der Waals surface area (Å²) in [6.07, 6.45) is -2.50. The summed E-state index contributed by atoms with van der Waals surface area (Å²) in [5.41, 5.74) is 6.59. The minimum atomic E-state index is -2.50. The van der Waals surface area contributed by atoms with Crippen molar-refractivity contribution in [2.24, 2.45) is 5.73 Å². The number of nitrogens with two attached hydrogens (primary N) is 1. The zero-order valence-electron chi connectivity index (χ0n) is 10.1. The molecule has 0 spiro atoms. The average Bonchev–Trinajstić information content (AvgIpc) is 2.35. The Kier molecular flexibility index (Phi) is 3.77. The van der Waals surface area contributed by atoms with Crippen molar-refractivity contribution in [3.05, 3.63) is 42.0 Å². The number of alkyl halides is 2. The van der Waals surface area contributed by atoms with Crippen molar-refractivity contribution in [1.29, 1.82) is 0 Å². The van der Waals surface area contributed by atoms with Gasteiger partial charge in [-0.15, -0.1) is 0 Å². The molecule has 0 saturated heterocycles. The van der Waals surface area contributed by atoms with Gasteiger partial charge in [-0.05, 0) is 12.3 Å². The molecule has 0 heterocycles. The maximum atomic E-state index is 12.3. The minimum absolute atomic E-state index is 0.262. The molecule has 96 valence electrons. The van der Waals surface area contributed by atoms with Gasteiger partial charge < -0.3 is 10.5 Å². The third-order valence-electron chi connectivity index (χ3n) is 2.75. The third kappa shape index (κ3) is 2.59. The molecule has 0 saturated carbocycles. The summed E-state index contributed by atoms with van der Waals surface area (Å²) in [7, 11) is 0. The van der Waals surface area contributed by atoms with Gasteiger partial charge in [-0.3, -0.25) is 0 Å². The summed E-state index contributed by atoms with van der Waals surface area (Å²) in [6.45, 7) is 1.19. The summed E-state index contributed by atoms with van der Waals surface area (Å²) in [5, 5.41) is 1.76. The summed E-state index contributed by atoms with van der Waals surface area (Å²) in [4.78, 5) is 0. The van der Waals surface area contributed by atoms with Crippen molar-refractivity contribution >= 4 is 10.8 Å². The molecule has 0 radical (unpaired) electrons. The number of halogens is 2. The quantitative estimate of drug-likeness (QED) is 0.902. The molecule has 0 fully saturated rings. The molecule has 2 aromatic rings. The van der Waals surface area contributed by atoms with Crippen LogP contribution in [-0.2, 0) is 0 Å². The number of benzene rings is 2. The zero-order chi connectivity index (χ0) is 13.1. The van der Waals surface area contributed by atoms with Crippen LogP contribution in [0.5, 0.6) is 5.75 Å². The molecular formula is C14H15F2NO. The van der Waals surface area contributed by atoms with E-state index in [1.54, 1.807) is 6.92 Å². The number of hydrogen-bond acceptors (Lipinski definition) is 2. The number of rotatable bonds is 4. The lowest BCUT2D eigenvalue weighted by Gasteiger charge is -2.16. The second-order valence-electron chi connectivity index (χ2n) is 4.20. The van der Waals surface area contributed by atoms with E-state index in [-0.39, 0.29) is 6.04 Å². The highest BCUT2D eigenvalue weighted by Gasteiger charge is 2.14. The molecule has 2 N–H and O–H groups in total. The maximum absolute atomic E-state index is 12.3. The summed E-state index contributed by atoms with van der Waals surface area (Å²) in [6, 6.07) is 11.0. The SMILES string of the molecule is CC(N)c1ccc2ccccc2c1OCC(F)F. The molecule has 0 bridgehead atoms. The highest BCUT2D eigenvalue weighted by atomic mass is 19.3. The molecule has 4 heteroatoms. The van der Waals surface area contributed by atoms with Crippen molar-refractivity contribution in [3.63, 3.8) is 0 Å². The second kappa shape index (κ2) is 5.31. The second-order valence-corrected chi connectivity index (χ2v) is 4.20. The van der Waals surface area contributed by atoms with Crippen LogP contribution in [0.25, 0.3) is 10.8 Å². The predicted octanol–water partition coefficient (Wildman–Crippen LogP) is 3.50. The molecule has 1 unspecified atom stereocenters. The Hall–Kier alpha value is -1.68. The van der Waals surface area contributed by atoms with Crippen molar-refractivity contribution in [2.75, 3.05) is 6.61 Å². The molecular weight excluding hydrogens is 236 g/mol. The first-order valence-corrected chi connectivity index (χ1v) is 5.77. The van der Waals surface area contributed by atoms with Gasteiger partial charge >= 0.3 is 0 Å². The van der Waals surface area contributed by atoms with E-state index in [9.17, 15) is 8.78 Å². The first-order chi connectivity index (χ1) is 8.59. The van der Waals surface area contributed by atoms with Gasteiger partial charge in [0.1, 0.15) is 12.4 Å². The van der Waals surface area contributed by atoms with Gasteiger partial charge in [0.15, 0.2) is 0 Å². The fourth-order valence-corrected chi connectivity index (χ4v) is 1.93. The van der Waals surface area contributed by atoms with Crippen molar-refractivity contribution in [2.45, 2.75) is 19.4 Å². The first-order valence-electron chi connectivity index (χ1n) is 5.77. The minimum Gasteiger partial charge on any atom is -0.487 e. The van der Waals surface area contributed by atoms with E-state index in [0.717, 1.165) is 16.3 Å². The molecule has 2 rings (SSSR count). The Bertz CT molecular complexity index is 540. The highest BCUT2D eigenvalue weighted by Crippen LogP contribution is 2.33. The van der Waals surface area contributed by atoms with Gasteiger partial charge in [0.25, 0.3) is 6.43 Å². The Morgan fingerprint density at radius 2 is 1.89 bits per heavy atom. The maximum Gasteiger partial charge on any atom is 0.272 e. The van der Waals surface area contributed by atoms with Crippen molar-refractivity contribution in [1.82, 2.24) is 0 Å². The fraction of sp³-hybridized carbons (Fsp3) is 0.286. The van der Waals surface area contributed by atoms with E-state index in [1.807, 2.05) is 36.4 Å². The van der Waals surface area contributed by atoms with Gasteiger partial charge in [-0.2, -0.15) is 0 Å². The van der Waals surface area contributed by atoms with Gasteiger partial charge in [0.2, 0.25) is 0 Å². The van der Waals surface area contributed by atoms with E-state index < -0.39 is 13.0 Å². The van der Waals surface area contributed by atoms with E-state index in [4.69, 9.17) is 10.5 Å². The largest absolute Gasteiger partial charge is 0.487 e. The van der Waals surface area contributed by atoms with E-state index in [2.05, 4.69) is 0 Å². The highest BCUT2D eigenvalue weighted by molar-refractivity contribution is 5.89. The van der Waals surface area contributed by atoms with Gasteiger partial charge in [-0.25, -0.2) is 8.78 Å². The molecule has 0 aromatic heterocycles. The molecule has 0 aliphatic heterocycles. The molecule has 1 atom stereocenters. The third-order valence-corrected chi connectivity index (χ3v) is 2.75. The Labute approximate surface area is 104 Å². The molecule has 2 aromatic carbocycles. The van der Waals surface area contributed by atoms with Crippen LogP contribution in [0, 0.1) is 0 Å².